The van der Waals surface area contributed by atoms with E-state index in [1.54, 1.807) is 0 Å². The fourth-order valence-corrected chi connectivity index (χ4v) is 6.78. The van der Waals surface area contributed by atoms with Crippen LogP contribution in [0.15, 0.2) is 12.2 Å². The van der Waals surface area contributed by atoms with Gasteiger partial charge in [-0.25, -0.2) is 0 Å². The molecule has 4 aliphatic carbocycles. The first-order valence-electron chi connectivity index (χ1n) is 8.90. The van der Waals surface area contributed by atoms with Gasteiger partial charge in [0.25, 0.3) is 0 Å². The number of fused-ring (bicyclic) bond motifs is 5. The molecule has 20 heavy (non-hydrogen) atoms. The van der Waals surface area contributed by atoms with Crippen molar-refractivity contribution in [2.45, 2.75) is 71.3 Å². The van der Waals surface area contributed by atoms with E-state index in [1.165, 1.54) is 44.9 Å². The Labute approximate surface area is 123 Å². The molecule has 0 amide bonds. The zero-order valence-electron chi connectivity index (χ0n) is 13.1. The normalized spacial score (nSPS) is 57.9. The summed E-state index contributed by atoms with van der Waals surface area (Å²) in [6, 6.07) is 0. The molecule has 0 radical (unpaired) electrons. The summed E-state index contributed by atoms with van der Waals surface area (Å²) in [4.78, 5) is 0. The molecule has 0 saturated heterocycles. The zero-order valence-corrected chi connectivity index (χ0v) is 13.1. The fraction of sp³-hybridized carbons (Fsp3) is 0.895. The third-order valence-electron chi connectivity index (χ3n) is 7.95. The molecule has 112 valence electrons. The third-order valence-corrected chi connectivity index (χ3v) is 7.95. The average molecular weight is 274 g/mol. The van der Waals surface area contributed by atoms with E-state index in [0.29, 0.717) is 10.8 Å². The van der Waals surface area contributed by atoms with Crippen molar-refractivity contribution in [1.29, 1.82) is 0 Å². The van der Waals surface area contributed by atoms with Gasteiger partial charge in [0.1, 0.15) is 0 Å². The first-order valence-corrected chi connectivity index (χ1v) is 8.90. The average Bonchev–Trinajstić information content (AvgIpc) is 2.81. The van der Waals surface area contributed by atoms with E-state index in [0.717, 1.165) is 30.1 Å². The van der Waals surface area contributed by atoms with Gasteiger partial charge in [0, 0.05) is 0 Å². The highest BCUT2D eigenvalue weighted by Gasteiger charge is 2.56. The van der Waals surface area contributed by atoms with Crippen LogP contribution < -0.4 is 0 Å². The minimum atomic E-state index is -0.176. The molecule has 4 rings (SSSR count). The summed E-state index contributed by atoms with van der Waals surface area (Å²) in [5, 5.41) is 9.96. The zero-order chi connectivity index (χ0) is 14.0. The summed E-state index contributed by atoms with van der Waals surface area (Å²) in [6.07, 6.45) is 15.5. The van der Waals surface area contributed by atoms with Crippen LogP contribution in [0.5, 0.6) is 0 Å². The maximum atomic E-state index is 9.96. The second-order valence-corrected chi connectivity index (χ2v) is 8.76. The Hall–Kier alpha value is -0.300. The van der Waals surface area contributed by atoms with Crippen molar-refractivity contribution >= 4 is 0 Å². The van der Waals surface area contributed by atoms with Crippen LogP contribution in [0.3, 0.4) is 0 Å². The molecule has 1 nitrogen and oxygen atoms in total. The molecule has 4 aliphatic rings. The van der Waals surface area contributed by atoms with Crippen LogP contribution in [-0.2, 0) is 0 Å². The van der Waals surface area contributed by atoms with Crippen LogP contribution >= 0.6 is 0 Å². The second kappa shape index (κ2) is 4.35. The Bertz CT molecular complexity index is 427. The number of hydrogen-bond acceptors (Lipinski definition) is 1. The smallest absolute Gasteiger partial charge is 0.0724 e. The van der Waals surface area contributed by atoms with Crippen molar-refractivity contribution in [2.75, 3.05) is 0 Å². The highest BCUT2D eigenvalue weighted by atomic mass is 16.3. The van der Waals surface area contributed by atoms with Gasteiger partial charge in [0.15, 0.2) is 0 Å². The van der Waals surface area contributed by atoms with Gasteiger partial charge in [-0.2, -0.15) is 0 Å². The second-order valence-electron chi connectivity index (χ2n) is 8.76. The molecule has 0 spiro atoms. The van der Waals surface area contributed by atoms with Crippen molar-refractivity contribution in [2.24, 2.45) is 34.5 Å². The highest BCUT2D eigenvalue weighted by Crippen LogP contribution is 2.65. The van der Waals surface area contributed by atoms with Crippen molar-refractivity contribution in [3.8, 4) is 0 Å². The summed E-state index contributed by atoms with van der Waals surface area (Å²) >= 11 is 0. The lowest BCUT2D eigenvalue weighted by Crippen LogP contribution is -2.51. The maximum absolute atomic E-state index is 9.96. The minimum absolute atomic E-state index is 0.176. The molecule has 1 unspecified atom stereocenters. The maximum Gasteiger partial charge on any atom is 0.0724 e. The molecule has 1 N–H and O–H groups in total. The minimum Gasteiger partial charge on any atom is -0.389 e. The topological polar surface area (TPSA) is 20.2 Å². The Kier molecular flexibility index (Phi) is 2.91. The number of hydrogen-bond donors (Lipinski definition) is 1. The third kappa shape index (κ3) is 1.71. The highest BCUT2D eigenvalue weighted by molar-refractivity contribution is 5.16. The predicted molar refractivity (Wildman–Crippen MR) is 82.3 cm³/mol. The van der Waals surface area contributed by atoms with Gasteiger partial charge in [-0.1, -0.05) is 32.4 Å². The molecular weight excluding hydrogens is 244 g/mol. The Morgan fingerprint density at radius 2 is 1.85 bits per heavy atom. The molecule has 0 aromatic carbocycles. The molecule has 7 atom stereocenters. The van der Waals surface area contributed by atoms with Gasteiger partial charge < -0.3 is 5.11 Å². The van der Waals surface area contributed by atoms with E-state index < -0.39 is 0 Å². The number of allylic oxidation sites excluding steroid dienone is 1. The molecule has 0 aromatic rings. The fourth-order valence-electron chi connectivity index (χ4n) is 6.78. The standard InChI is InChI=1S/C19H30O/c1-18-9-3-4-16(18)15-6-5-13-12-14(20)7-11-19(13,2)17(15)8-10-18/h7,11,13-17,20H,3-6,8-10,12H2,1-2H3/t13-,14?,15-,16-,17-,18-,19-/m0/s1. The van der Waals surface area contributed by atoms with Crippen LogP contribution in [0.2, 0.25) is 0 Å². The van der Waals surface area contributed by atoms with E-state index in [2.05, 4.69) is 26.0 Å². The molecule has 1 heteroatoms. The molecule has 0 bridgehead atoms. The van der Waals surface area contributed by atoms with Crippen molar-refractivity contribution in [3.05, 3.63) is 12.2 Å². The molecule has 0 aliphatic heterocycles. The lowest BCUT2D eigenvalue weighted by molar-refractivity contribution is -0.0760. The van der Waals surface area contributed by atoms with Crippen LogP contribution in [0.25, 0.3) is 0 Å². The first kappa shape index (κ1) is 13.4. The van der Waals surface area contributed by atoms with E-state index in [-0.39, 0.29) is 6.10 Å². The Morgan fingerprint density at radius 1 is 1.00 bits per heavy atom. The lowest BCUT2D eigenvalue weighted by Gasteiger charge is -2.58. The van der Waals surface area contributed by atoms with Crippen LogP contribution in [0.1, 0.15) is 65.2 Å². The molecule has 3 saturated carbocycles. The monoisotopic (exact) mass is 274 g/mol. The van der Waals surface area contributed by atoms with E-state index >= 15 is 0 Å². The van der Waals surface area contributed by atoms with Crippen LogP contribution in [0.4, 0.5) is 0 Å². The van der Waals surface area contributed by atoms with Gasteiger partial charge in [-0.05, 0) is 79.4 Å². The summed E-state index contributed by atoms with van der Waals surface area (Å²) in [5.41, 5.74) is 1.05. The Balaban J connectivity index is 1.67. The van der Waals surface area contributed by atoms with Crippen molar-refractivity contribution < 1.29 is 5.11 Å². The van der Waals surface area contributed by atoms with Crippen LogP contribution in [0, 0.1) is 34.5 Å². The van der Waals surface area contributed by atoms with Gasteiger partial charge in [-0.3, -0.25) is 0 Å². The van der Waals surface area contributed by atoms with Gasteiger partial charge in [0.2, 0.25) is 0 Å². The molecule has 0 aromatic heterocycles. The van der Waals surface area contributed by atoms with Gasteiger partial charge >= 0.3 is 0 Å². The Morgan fingerprint density at radius 3 is 2.70 bits per heavy atom. The lowest BCUT2D eigenvalue weighted by atomic mass is 9.46. The van der Waals surface area contributed by atoms with E-state index in [4.69, 9.17) is 0 Å². The van der Waals surface area contributed by atoms with E-state index in [1.807, 2.05) is 0 Å². The number of rotatable bonds is 0. The summed E-state index contributed by atoms with van der Waals surface area (Å²) < 4.78 is 0. The van der Waals surface area contributed by atoms with Crippen molar-refractivity contribution in [3.63, 3.8) is 0 Å². The summed E-state index contributed by atoms with van der Waals surface area (Å²) in [6.45, 7) is 5.09. The van der Waals surface area contributed by atoms with Crippen LogP contribution in [-0.4, -0.2) is 11.2 Å². The van der Waals surface area contributed by atoms with Gasteiger partial charge in [-0.15, -0.1) is 0 Å². The molecule has 3 fully saturated rings. The van der Waals surface area contributed by atoms with Crippen molar-refractivity contribution in [1.82, 2.24) is 0 Å². The summed E-state index contributed by atoms with van der Waals surface area (Å²) in [5.74, 6) is 3.59. The first-order chi connectivity index (χ1) is 9.53. The summed E-state index contributed by atoms with van der Waals surface area (Å²) in [7, 11) is 0. The number of aliphatic hydroxyl groups excluding tert-OH is 1. The quantitative estimate of drug-likeness (QED) is 0.642. The molecular formula is C19H30O. The van der Waals surface area contributed by atoms with E-state index in [9.17, 15) is 5.11 Å². The van der Waals surface area contributed by atoms with Gasteiger partial charge in [0.05, 0.1) is 6.10 Å². The largest absolute Gasteiger partial charge is 0.389 e. The SMILES string of the molecule is C[C@@]12CCC[C@H]1[C@@H]1CC[C@H]3CC(O)C=C[C@]3(C)[C@H]1CC2. The number of aliphatic hydroxyl groups is 1. The molecule has 0 heterocycles. The predicted octanol–water partition coefficient (Wildman–Crippen LogP) is 4.56.